The zero-order valence-electron chi connectivity index (χ0n) is 11.0. The first kappa shape index (κ1) is 13.6. The lowest BCUT2D eigenvalue weighted by Gasteiger charge is -2.17. The summed E-state index contributed by atoms with van der Waals surface area (Å²) < 4.78 is 1.38. The molecular weight excluding hydrogens is 365 g/mol. The van der Waals surface area contributed by atoms with Crippen LogP contribution in [0, 0.1) is 8.80 Å². The molecule has 1 aromatic heterocycles. The van der Waals surface area contributed by atoms with Crippen molar-refractivity contribution in [3.8, 4) is 0 Å². The third-order valence-electron chi connectivity index (χ3n) is 3.87. The summed E-state index contributed by atoms with van der Waals surface area (Å²) in [5.41, 5.74) is 2.97. The molecule has 1 nitrogen and oxygen atoms in total. The van der Waals surface area contributed by atoms with Gasteiger partial charge in [0.1, 0.15) is 0 Å². The Balaban J connectivity index is 1.76. The first-order chi connectivity index (χ1) is 9.29. The van der Waals surface area contributed by atoms with E-state index >= 15 is 0 Å². The van der Waals surface area contributed by atoms with E-state index in [0.29, 0.717) is 6.04 Å². The number of hydrogen-bond donors (Lipinski definition) is 1. The van der Waals surface area contributed by atoms with Crippen molar-refractivity contribution < 1.29 is 0 Å². The van der Waals surface area contributed by atoms with Crippen molar-refractivity contribution in [1.82, 2.24) is 5.32 Å². The molecule has 1 N–H and O–H groups in total. The number of thiophene rings is 1. The maximum absolute atomic E-state index is 3.68. The van der Waals surface area contributed by atoms with Crippen molar-refractivity contribution in [2.24, 2.45) is 5.92 Å². The smallest absolute Gasteiger partial charge is 0.0656 e. The van der Waals surface area contributed by atoms with Gasteiger partial charge >= 0.3 is 0 Å². The molecule has 0 bridgehead atoms. The van der Waals surface area contributed by atoms with Crippen molar-refractivity contribution in [2.75, 3.05) is 6.54 Å². The molecule has 1 aliphatic carbocycles. The molecule has 0 amide bonds. The number of hydrogen-bond acceptors (Lipinski definition) is 2. The highest BCUT2D eigenvalue weighted by Crippen LogP contribution is 2.54. The summed E-state index contributed by atoms with van der Waals surface area (Å²) in [6.07, 6.45) is 1.31. The summed E-state index contributed by atoms with van der Waals surface area (Å²) >= 11 is 4.26. The van der Waals surface area contributed by atoms with E-state index in [1.165, 1.54) is 20.4 Å². The third-order valence-corrected chi connectivity index (χ3v) is 5.67. The zero-order valence-corrected chi connectivity index (χ0v) is 13.9. The predicted octanol–water partition coefficient (Wildman–Crippen LogP) is 4.81. The van der Waals surface area contributed by atoms with Crippen LogP contribution in [0.2, 0.25) is 0 Å². The summed E-state index contributed by atoms with van der Waals surface area (Å²) in [5.74, 6) is 1.50. The van der Waals surface area contributed by atoms with Crippen molar-refractivity contribution in [1.29, 1.82) is 0 Å². The first-order valence-electron chi connectivity index (χ1n) is 6.82. The predicted molar refractivity (Wildman–Crippen MR) is 90.7 cm³/mol. The maximum Gasteiger partial charge on any atom is 0.0656 e. The minimum absolute atomic E-state index is 0.523. The van der Waals surface area contributed by atoms with Crippen molar-refractivity contribution in [3.05, 3.63) is 55.8 Å². The van der Waals surface area contributed by atoms with Gasteiger partial charge in [-0.3, -0.25) is 0 Å². The van der Waals surface area contributed by atoms with Gasteiger partial charge in [0.15, 0.2) is 0 Å². The van der Waals surface area contributed by atoms with Crippen LogP contribution in [0.3, 0.4) is 0 Å². The fourth-order valence-electron chi connectivity index (χ4n) is 2.89. The lowest BCUT2D eigenvalue weighted by Crippen LogP contribution is -2.22. The summed E-state index contributed by atoms with van der Waals surface area (Å²) in [7, 11) is 0. The average molecular weight is 383 g/mol. The van der Waals surface area contributed by atoms with Crippen LogP contribution < -0.4 is 5.32 Å². The molecular formula is C16H18INS. The Bertz CT molecular complexity index is 537. The lowest BCUT2D eigenvalue weighted by atomic mass is 10.0. The second-order valence-electron chi connectivity index (χ2n) is 5.14. The van der Waals surface area contributed by atoms with Crippen LogP contribution in [0.4, 0.5) is 0 Å². The molecule has 0 aliphatic heterocycles. The number of nitrogens with one attached hydrogen (secondary N) is 1. The van der Waals surface area contributed by atoms with Gasteiger partial charge in [-0.2, -0.15) is 0 Å². The highest BCUT2D eigenvalue weighted by Gasteiger charge is 2.44. The maximum atomic E-state index is 3.68. The Morgan fingerprint density at radius 1 is 1.37 bits per heavy atom. The number of rotatable bonds is 5. The highest BCUT2D eigenvalue weighted by atomic mass is 127. The van der Waals surface area contributed by atoms with Crippen molar-refractivity contribution >= 4 is 33.9 Å². The Hall–Kier alpha value is -0.390. The van der Waals surface area contributed by atoms with E-state index in [1.54, 1.807) is 0 Å². The molecule has 0 radical (unpaired) electrons. The molecule has 2 aromatic rings. The Morgan fingerprint density at radius 2 is 2.16 bits per heavy atom. The van der Waals surface area contributed by atoms with E-state index in [-0.39, 0.29) is 0 Å². The zero-order chi connectivity index (χ0) is 13.2. The van der Waals surface area contributed by atoms with E-state index < -0.39 is 0 Å². The van der Waals surface area contributed by atoms with Crippen LogP contribution in [-0.2, 0) is 0 Å². The average Bonchev–Trinajstić information content (AvgIpc) is 3.12. The molecule has 3 rings (SSSR count). The largest absolute Gasteiger partial charge is 0.310 e. The lowest BCUT2D eigenvalue weighted by molar-refractivity contribution is 0.488. The van der Waals surface area contributed by atoms with Gasteiger partial charge in [-0.1, -0.05) is 37.3 Å². The van der Waals surface area contributed by atoms with Crippen molar-refractivity contribution in [3.63, 3.8) is 0 Å². The molecule has 3 unspecified atom stereocenters. The fraction of sp³-hybridized carbons (Fsp3) is 0.375. The van der Waals surface area contributed by atoms with Crippen LogP contribution in [-0.4, -0.2) is 6.54 Å². The quantitative estimate of drug-likeness (QED) is 0.731. The Morgan fingerprint density at radius 3 is 2.79 bits per heavy atom. The molecule has 0 spiro atoms. The van der Waals surface area contributed by atoms with Gasteiger partial charge in [0.05, 0.1) is 2.88 Å². The minimum atomic E-state index is 0.523. The minimum Gasteiger partial charge on any atom is -0.310 e. The van der Waals surface area contributed by atoms with Gasteiger partial charge in [-0.05, 0) is 70.0 Å². The molecule has 0 saturated heterocycles. The van der Waals surface area contributed by atoms with E-state index in [1.807, 2.05) is 11.3 Å². The molecule has 1 heterocycles. The van der Waals surface area contributed by atoms with E-state index in [0.717, 1.165) is 18.4 Å². The summed E-state index contributed by atoms with van der Waals surface area (Å²) in [6.45, 7) is 3.24. The molecule has 3 atom stereocenters. The molecule has 1 aromatic carbocycles. The van der Waals surface area contributed by atoms with Crippen LogP contribution in [0.15, 0.2) is 41.8 Å². The normalized spacial score (nSPS) is 23.3. The van der Waals surface area contributed by atoms with E-state index in [9.17, 15) is 0 Å². The highest BCUT2D eigenvalue weighted by molar-refractivity contribution is 14.1. The number of halogens is 1. The van der Waals surface area contributed by atoms with Crippen LogP contribution in [0.25, 0.3) is 0 Å². The topological polar surface area (TPSA) is 12.0 Å². The van der Waals surface area contributed by atoms with Gasteiger partial charge in [0.25, 0.3) is 0 Å². The third kappa shape index (κ3) is 3.03. The SMILES string of the molecule is CCNC(c1csc(I)c1)C1CC1c1ccccc1. The van der Waals surface area contributed by atoms with E-state index in [4.69, 9.17) is 0 Å². The van der Waals surface area contributed by atoms with Gasteiger partial charge in [0, 0.05) is 6.04 Å². The second-order valence-corrected chi connectivity index (χ2v) is 7.94. The van der Waals surface area contributed by atoms with Gasteiger partial charge in [-0.25, -0.2) is 0 Å². The van der Waals surface area contributed by atoms with Crippen LogP contribution >= 0.6 is 33.9 Å². The molecule has 19 heavy (non-hydrogen) atoms. The van der Waals surface area contributed by atoms with Crippen LogP contribution in [0.1, 0.15) is 36.4 Å². The summed E-state index contributed by atoms with van der Waals surface area (Å²) in [4.78, 5) is 0. The molecule has 1 fully saturated rings. The molecule has 100 valence electrons. The Labute approximate surface area is 132 Å². The van der Waals surface area contributed by atoms with Crippen LogP contribution in [0.5, 0.6) is 0 Å². The van der Waals surface area contributed by atoms with Gasteiger partial charge in [0.2, 0.25) is 0 Å². The number of benzene rings is 1. The van der Waals surface area contributed by atoms with Crippen molar-refractivity contribution in [2.45, 2.75) is 25.3 Å². The molecule has 1 saturated carbocycles. The standard InChI is InChI=1S/C16H18INS/c1-2-18-16(12-8-15(17)19-10-12)14-9-13(14)11-6-4-3-5-7-11/h3-8,10,13-14,16,18H,2,9H2,1H3. The summed E-state index contributed by atoms with van der Waals surface area (Å²) in [5, 5.41) is 5.99. The second kappa shape index (κ2) is 5.94. The van der Waals surface area contributed by atoms with Gasteiger partial charge in [-0.15, -0.1) is 11.3 Å². The molecule has 3 heteroatoms. The van der Waals surface area contributed by atoms with E-state index in [2.05, 4.69) is 76.6 Å². The molecule has 1 aliphatic rings. The Kier molecular flexibility index (Phi) is 4.24. The van der Waals surface area contributed by atoms with Gasteiger partial charge < -0.3 is 5.32 Å². The fourth-order valence-corrected chi connectivity index (χ4v) is 4.30. The first-order valence-corrected chi connectivity index (χ1v) is 8.77. The monoisotopic (exact) mass is 383 g/mol. The summed E-state index contributed by atoms with van der Waals surface area (Å²) in [6, 6.07) is 13.8.